The highest BCUT2D eigenvalue weighted by molar-refractivity contribution is 5.94. The standard InChI is InChI=1S/C18H35N3O3/c1-17(2,3)12-15(23)21(8)13(11-14(22)18(4,5)6)16(24)20-10-9-19-7/h13,19H,9-12H2,1-8H3,(H,20,24). The Morgan fingerprint density at radius 1 is 1.00 bits per heavy atom. The lowest BCUT2D eigenvalue weighted by Crippen LogP contribution is -2.51. The van der Waals surface area contributed by atoms with Gasteiger partial charge in [-0.05, 0) is 12.5 Å². The van der Waals surface area contributed by atoms with E-state index in [1.165, 1.54) is 4.90 Å². The summed E-state index contributed by atoms with van der Waals surface area (Å²) >= 11 is 0. The van der Waals surface area contributed by atoms with Crippen LogP contribution < -0.4 is 10.6 Å². The lowest BCUT2D eigenvalue weighted by molar-refractivity contribution is -0.142. The van der Waals surface area contributed by atoms with Crippen molar-refractivity contribution in [3.63, 3.8) is 0 Å². The average Bonchev–Trinajstić information content (AvgIpc) is 2.40. The highest BCUT2D eigenvalue weighted by Crippen LogP contribution is 2.23. The molecular formula is C18H35N3O3. The molecule has 2 amide bonds. The fourth-order valence-electron chi connectivity index (χ4n) is 2.07. The number of hydrogen-bond acceptors (Lipinski definition) is 4. The number of carbonyl (C=O) groups excluding carboxylic acids is 3. The van der Waals surface area contributed by atoms with Crippen LogP contribution >= 0.6 is 0 Å². The lowest BCUT2D eigenvalue weighted by Gasteiger charge is -2.31. The fraction of sp³-hybridized carbons (Fsp3) is 0.833. The molecule has 1 atom stereocenters. The number of hydrogen-bond donors (Lipinski definition) is 2. The topological polar surface area (TPSA) is 78.5 Å². The van der Waals surface area contributed by atoms with Gasteiger partial charge in [-0.25, -0.2) is 0 Å². The van der Waals surface area contributed by atoms with Crippen LogP contribution in [0.5, 0.6) is 0 Å². The van der Waals surface area contributed by atoms with E-state index in [9.17, 15) is 14.4 Å². The van der Waals surface area contributed by atoms with Crippen molar-refractivity contribution in [1.29, 1.82) is 0 Å². The van der Waals surface area contributed by atoms with Crippen molar-refractivity contribution in [2.24, 2.45) is 10.8 Å². The number of carbonyl (C=O) groups is 3. The fourth-order valence-corrected chi connectivity index (χ4v) is 2.07. The summed E-state index contributed by atoms with van der Waals surface area (Å²) in [6.07, 6.45) is 0.356. The number of nitrogens with zero attached hydrogens (tertiary/aromatic N) is 1. The van der Waals surface area contributed by atoms with E-state index in [4.69, 9.17) is 0 Å². The van der Waals surface area contributed by atoms with Gasteiger partial charge in [0.05, 0.1) is 0 Å². The molecule has 0 aliphatic heterocycles. The zero-order valence-corrected chi connectivity index (χ0v) is 16.6. The Balaban J connectivity index is 5.19. The van der Waals surface area contributed by atoms with E-state index in [0.29, 0.717) is 19.5 Å². The maximum absolute atomic E-state index is 12.5. The molecule has 0 radical (unpaired) electrons. The van der Waals surface area contributed by atoms with Crippen LogP contribution in [0.25, 0.3) is 0 Å². The van der Waals surface area contributed by atoms with E-state index in [0.717, 1.165) is 0 Å². The van der Waals surface area contributed by atoms with Crippen LogP contribution in [-0.4, -0.2) is 55.7 Å². The molecule has 0 saturated heterocycles. The van der Waals surface area contributed by atoms with E-state index >= 15 is 0 Å². The predicted octanol–water partition coefficient (Wildman–Crippen LogP) is 1.59. The van der Waals surface area contributed by atoms with Gasteiger partial charge in [0.15, 0.2) is 0 Å². The molecule has 140 valence electrons. The van der Waals surface area contributed by atoms with E-state index in [1.807, 2.05) is 41.5 Å². The molecule has 0 aromatic rings. The molecule has 0 bridgehead atoms. The molecule has 0 spiro atoms. The SMILES string of the molecule is CNCCNC(=O)C(CC(=O)C(C)(C)C)N(C)C(=O)CC(C)(C)C. The average molecular weight is 341 g/mol. The summed E-state index contributed by atoms with van der Waals surface area (Å²) in [6.45, 7) is 12.5. The molecule has 0 aromatic carbocycles. The van der Waals surface area contributed by atoms with Crippen molar-refractivity contribution in [2.75, 3.05) is 27.2 Å². The highest BCUT2D eigenvalue weighted by atomic mass is 16.2. The second-order valence-electron chi connectivity index (χ2n) is 8.53. The second-order valence-corrected chi connectivity index (χ2v) is 8.53. The first-order valence-electron chi connectivity index (χ1n) is 8.51. The Labute approximate surface area is 146 Å². The molecule has 0 saturated carbocycles. The third-order valence-electron chi connectivity index (χ3n) is 3.73. The van der Waals surface area contributed by atoms with Gasteiger partial charge in [0.25, 0.3) is 0 Å². The number of ketones is 1. The molecule has 24 heavy (non-hydrogen) atoms. The van der Waals surface area contributed by atoms with Gasteiger partial charge in [-0.2, -0.15) is 0 Å². The van der Waals surface area contributed by atoms with Crippen molar-refractivity contribution in [3.8, 4) is 0 Å². The van der Waals surface area contributed by atoms with Crippen LogP contribution in [0.1, 0.15) is 54.4 Å². The molecule has 6 heteroatoms. The minimum Gasteiger partial charge on any atom is -0.353 e. The summed E-state index contributed by atoms with van der Waals surface area (Å²) in [7, 11) is 3.40. The second kappa shape index (κ2) is 9.16. The van der Waals surface area contributed by atoms with Gasteiger partial charge in [0.2, 0.25) is 11.8 Å². The molecular weight excluding hydrogens is 306 g/mol. The Morgan fingerprint density at radius 2 is 1.54 bits per heavy atom. The summed E-state index contributed by atoms with van der Waals surface area (Å²) in [5.41, 5.74) is -0.718. The zero-order chi connectivity index (χ0) is 19.1. The van der Waals surface area contributed by atoms with Crippen LogP contribution in [0.15, 0.2) is 0 Å². The summed E-state index contributed by atoms with van der Waals surface area (Å²) in [6, 6.07) is -0.775. The third kappa shape index (κ3) is 8.43. The largest absolute Gasteiger partial charge is 0.353 e. The first kappa shape index (κ1) is 22.6. The van der Waals surface area contributed by atoms with Gasteiger partial charge in [-0.1, -0.05) is 41.5 Å². The Hall–Kier alpha value is -1.43. The minimum atomic E-state index is -0.775. The van der Waals surface area contributed by atoms with E-state index in [1.54, 1.807) is 14.1 Å². The highest BCUT2D eigenvalue weighted by Gasteiger charge is 2.33. The molecule has 1 unspecified atom stereocenters. The number of rotatable bonds is 8. The van der Waals surface area contributed by atoms with Gasteiger partial charge in [-0.15, -0.1) is 0 Å². The van der Waals surface area contributed by atoms with E-state index in [-0.39, 0.29) is 29.4 Å². The Bertz CT molecular complexity index is 447. The lowest BCUT2D eigenvalue weighted by atomic mass is 9.86. The third-order valence-corrected chi connectivity index (χ3v) is 3.73. The molecule has 2 N–H and O–H groups in total. The number of Topliss-reactive ketones (excluding diaryl/α,β-unsaturated/α-hetero) is 1. The summed E-state index contributed by atoms with van der Waals surface area (Å²) in [5, 5.41) is 5.74. The summed E-state index contributed by atoms with van der Waals surface area (Å²) in [4.78, 5) is 38.8. The quantitative estimate of drug-likeness (QED) is 0.657. The maximum atomic E-state index is 12.5. The first-order chi connectivity index (χ1) is 10.8. The van der Waals surface area contributed by atoms with E-state index in [2.05, 4.69) is 10.6 Å². The van der Waals surface area contributed by atoms with Crippen molar-refractivity contribution >= 4 is 17.6 Å². The van der Waals surface area contributed by atoms with Gasteiger partial charge in [-0.3, -0.25) is 14.4 Å². The molecule has 0 fully saturated rings. The Kier molecular flexibility index (Phi) is 8.61. The number of nitrogens with one attached hydrogen (secondary N) is 2. The van der Waals surface area contributed by atoms with Crippen molar-refractivity contribution < 1.29 is 14.4 Å². The van der Waals surface area contributed by atoms with Crippen molar-refractivity contribution in [3.05, 3.63) is 0 Å². The van der Waals surface area contributed by atoms with Gasteiger partial charge < -0.3 is 15.5 Å². The van der Waals surface area contributed by atoms with Crippen molar-refractivity contribution in [1.82, 2.24) is 15.5 Å². The molecule has 0 heterocycles. The summed E-state index contributed by atoms with van der Waals surface area (Å²) < 4.78 is 0. The van der Waals surface area contributed by atoms with Gasteiger partial charge in [0.1, 0.15) is 11.8 Å². The smallest absolute Gasteiger partial charge is 0.243 e. The predicted molar refractivity (Wildman–Crippen MR) is 96.6 cm³/mol. The van der Waals surface area contributed by atoms with Crippen molar-refractivity contribution in [2.45, 2.75) is 60.4 Å². The summed E-state index contributed by atoms with van der Waals surface area (Å²) in [5.74, 6) is -0.447. The van der Waals surface area contributed by atoms with Gasteiger partial charge >= 0.3 is 0 Å². The zero-order valence-electron chi connectivity index (χ0n) is 16.6. The molecule has 0 aliphatic rings. The van der Waals surface area contributed by atoms with Crippen LogP contribution in [-0.2, 0) is 14.4 Å². The maximum Gasteiger partial charge on any atom is 0.243 e. The molecule has 0 rings (SSSR count). The van der Waals surface area contributed by atoms with Crippen LogP contribution in [0.3, 0.4) is 0 Å². The normalized spacial score (nSPS) is 13.3. The first-order valence-corrected chi connectivity index (χ1v) is 8.51. The number of amides is 2. The monoisotopic (exact) mass is 341 g/mol. The molecule has 0 aromatic heterocycles. The van der Waals surface area contributed by atoms with Crippen LogP contribution in [0, 0.1) is 10.8 Å². The molecule has 6 nitrogen and oxygen atoms in total. The minimum absolute atomic E-state index is 0.0290. The number of likely N-dealkylation sites (N-methyl/N-ethyl adjacent to an activating group) is 2. The molecule has 0 aliphatic carbocycles. The van der Waals surface area contributed by atoms with Crippen LogP contribution in [0.2, 0.25) is 0 Å². The van der Waals surface area contributed by atoms with E-state index < -0.39 is 11.5 Å². The van der Waals surface area contributed by atoms with Gasteiger partial charge in [0, 0.05) is 38.4 Å². The van der Waals surface area contributed by atoms with Crippen LogP contribution in [0.4, 0.5) is 0 Å². The Morgan fingerprint density at radius 3 is 1.96 bits per heavy atom.